The van der Waals surface area contributed by atoms with Gasteiger partial charge in [0.05, 0.1) is 12.2 Å². The van der Waals surface area contributed by atoms with Crippen LogP contribution in [0.2, 0.25) is 5.15 Å². The molecule has 1 aliphatic rings. The molecule has 1 saturated heterocycles. The molecule has 112 valence electrons. The van der Waals surface area contributed by atoms with Crippen molar-refractivity contribution in [2.75, 3.05) is 6.61 Å². The predicted molar refractivity (Wildman–Crippen MR) is 67.4 cm³/mol. The predicted octanol–water partition coefficient (Wildman–Crippen LogP) is 3.75. The third-order valence-electron chi connectivity index (χ3n) is 3.31. The van der Waals surface area contributed by atoms with E-state index in [4.69, 9.17) is 16.3 Å². The van der Waals surface area contributed by atoms with Crippen molar-refractivity contribution in [1.82, 2.24) is 4.98 Å². The van der Waals surface area contributed by atoms with E-state index in [1.165, 1.54) is 6.07 Å². The van der Waals surface area contributed by atoms with Crippen molar-refractivity contribution in [2.45, 2.75) is 44.1 Å². The number of aliphatic hydroxyl groups is 1. The molecule has 0 amide bonds. The van der Waals surface area contributed by atoms with E-state index in [1.807, 2.05) is 0 Å². The van der Waals surface area contributed by atoms with Crippen LogP contribution in [0.1, 0.15) is 43.0 Å². The van der Waals surface area contributed by atoms with Crippen molar-refractivity contribution in [3.8, 4) is 0 Å². The van der Waals surface area contributed by atoms with Crippen molar-refractivity contribution in [2.24, 2.45) is 0 Å². The van der Waals surface area contributed by atoms with Crippen molar-refractivity contribution < 1.29 is 23.0 Å². The average Bonchev–Trinajstić information content (AvgIpc) is 2.87. The highest BCUT2D eigenvalue weighted by Crippen LogP contribution is 2.32. The van der Waals surface area contributed by atoms with E-state index in [0.717, 1.165) is 25.5 Å². The van der Waals surface area contributed by atoms with E-state index in [0.29, 0.717) is 12.8 Å². The van der Waals surface area contributed by atoms with Crippen LogP contribution in [0.5, 0.6) is 0 Å². The van der Waals surface area contributed by atoms with Crippen LogP contribution in [0.25, 0.3) is 0 Å². The number of ether oxygens (including phenoxy) is 1. The molecule has 0 aromatic carbocycles. The first-order valence-corrected chi connectivity index (χ1v) is 6.79. The number of nitrogens with zero attached hydrogens (tertiary/aromatic N) is 1. The Hall–Kier alpha value is -0.850. The molecule has 1 aromatic heterocycles. The molecule has 1 N–H and O–H groups in total. The molecule has 2 atom stereocenters. The quantitative estimate of drug-likeness (QED) is 0.861. The topological polar surface area (TPSA) is 42.4 Å². The Labute approximate surface area is 119 Å². The van der Waals surface area contributed by atoms with Crippen LogP contribution >= 0.6 is 11.6 Å². The van der Waals surface area contributed by atoms with Crippen LogP contribution in [0, 0.1) is 0 Å². The minimum atomic E-state index is -4.54. The number of rotatable bonds is 4. The summed E-state index contributed by atoms with van der Waals surface area (Å²) in [6.45, 7) is 0.726. The fourth-order valence-corrected chi connectivity index (χ4v) is 2.50. The molecule has 2 unspecified atom stereocenters. The van der Waals surface area contributed by atoms with Crippen LogP contribution in [-0.2, 0) is 10.9 Å². The van der Waals surface area contributed by atoms with Crippen LogP contribution in [0.15, 0.2) is 12.1 Å². The monoisotopic (exact) mass is 309 g/mol. The Kier molecular flexibility index (Phi) is 4.88. The van der Waals surface area contributed by atoms with Crippen molar-refractivity contribution >= 4 is 11.6 Å². The molecule has 0 spiro atoms. The standard InChI is InChI=1S/C13H15ClF3NO2/c14-12-9(4-6-11(18-12)13(15,16)17)10(19)5-3-8-2-1-7-20-8/h4,6,8,10,19H,1-3,5,7H2. The van der Waals surface area contributed by atoms with Crippen molar-refractivity contribution in [1.29, 1.82) is 0 Å². The summed E-state index contributed by atoms with van der Waals surface area (Å²) in [5.74, 6) is 0. The molecule has 20 heavy (non-hydrogen) atoms. The summed E-state index contributed by atoms with van der Waals surface area (Å²) in [5.41, 5.74) is -0.838. The molecule has 3 nitrogen and oxygen atoms in total. The minimum absolute atomic E-state index is 0.117. The number of aromatic nitrogens is 1. The Morgan fingerprint density at radius 2 is 2.20 bits per heavy atom. The van der Waals surface area contributed by atoms with E-state index in [-0.39, 0.29) is 16.8 Å². The van der Waals surface area contributed by atoms with Gasteiger partial charge in [-0.2, -0.15) is 13.2 Å². The Balaban J connectivity index is 2.00. The van der Waals surface area contributed by atoms with Gasteiger partial charge >= 0.3 is 6.18 Å². The lowest BCUT2D eigenvalue weighted by atomic mass is 10.0. The molecule has 0 aliphatic carbocycles. The van der Waals surface area contributed by atoms with Gasteiger partial charge in [-0.1, -0.05) is 17.7 Å². The fourth-order valence-electron chi connectivity index (χ4n) is 2.22. The van der Waals surface area contributed by atoms with Crippen LogP contribution < -0.4 is 0 Å². The Morgan fingerprint density at radius 1 is 1.45 bits per heavy atom. The van der Waals surface area contributed by atoms with Crippen LogP contribution in [0.3, 0.4) is 0 Å². The summed E-state index contributed by atoms with van der Waals surface area (Å²) in [6.07, 6.45) is -2.36. The summed E-state index contributed by atoms with van der Waals surface area (Å²) in [5, 5.41) is 9.69. The van der Waals surface area contributed by atoms with Gasteiger partial charge in [-0.05, 0) is 31.7 Å². The zero-order valence-electron chi connectivity index (χ0n) is 10.7. The molecule has 1 fully saturated rings. The normalized spacial score (nSPS) is 21.1. The summed E-state index contributed by atoms with van der Waals surface area (Å²) in [6, 6.07) is 2.01. The average molecular weight is 310 g/mol. The van der Waals surface area contributed by atoms with E-state index >= 15 is 0 Å². The second kappa shape index (κ2) is 6.28. The number of pyridine rings is 1. The number of halogens is 4. The van der Waals surface area contributed by atoms with Gasteiger partial charge in [0.15, 0.2) is 0 Å². The largest absolute Gasteiger partial charge is 0.433 e. The molecule has 1 aliphatic heterocycles. The smallest absolute Gasteiger partial charge is 0.388 e. The highest BCUT2D eigenvalue weighted by atomic mass is 35.5. The molecular weight excluding hydrogens is 295 g/mol. The fraction of sp³-hybridized carbons (Fsp3) is 0.615. The molecule has 0 radical (unpaired) electrons. The van der Waals surface area contributed by atoms with E-state index in [2.05, 4.69) is 4.98 Å². The lowest BCUT2D eigenvalue weighted by molar-refractivity contribution is -0.141. The minimum Gasteiger partial charge on any atom is -0.388 e. The molecular formula is C13H15ClF3NO2. The van der Waals surface area contributed by atoms with E-state index in [1.54, 1.807) is 0 Å². The maximum Gasteiger partial charge on any atom is 0.433 e. The van der Waals surface area contributed by atoms with Gasteiger partial charge in [-0.25, -0.2) is 4.98 Å². The summed E-state index contributed by atoms with van der Waals surface area (Å²) in [4.78, 5) is 3.29. The summed E-state index contributed by atoms with van der Waals surface area (Å²) >= 11 is 5.72. The third-order valence-corrected chi connectivity index (χ3v) is 3.62. The highest BCUT2D eigenvalue weighted by molar-refractivity contribution is 6.30. The van der Waals surface area contributed by atoms with Gasteiger partial charge in [0, 0.05) is 12.2 Å². The Bertz CT molecular complexity index is 461. The molecule has 2 heterocycles. The lowest BCUT2D eigenvalue weighted by Gasteiger charge is -2.16. The molecule has 0 saturated carbocycles. The van der Waals surface area contributed by atoms with Gasteiger partial charge < -0.3 is 9.84 Å². The summed E-state index contributed by atoms with van der Waals surface area (Å²) in [7, 11) is 0. The van der Waals surface area contributed by atoms with Crippen molar-refractivity contribution in [3.63, 3.8) is 0 Å². The van der Waals surface area contributed by atoms with Gasteiger partial charge in [0.25, 0.3) is 0 Å². The lowest BCUT2D eigenvalue weighted by Crippen LogP contribution is -2.11. The van der Waals surface area contributed by atoms with E-state index in [9.17, 15) is 18.3 Å². The molecule has 7 heteroatoms. The number of hydrogen-bond donors (Lipinski definition) is 1. The molecule has 0 bridgehead atoms. The van der Waals surface area contributed by atoms with Gasteiger partial charge in [-0.3, -0.25) is 0 Å². The second-order valence-electron chi connectivity index (χ2n) is 4.80. The van der Waals surface area contributed by atoms with Crippen LogP contribution in [-0.4, -0.2) is 22.8 Å². The second-order valence-corrected chi connectivity index (χ2v) is 5.16. The van der Waals surface area contributed by atoms with Gasteiger partial charge in [-0.15, -0.1) is 0 Å². The number of hydrogen-bond acceptors (Lipinski definition) is 3. The highest BCUT2D eigenvalue weighted by Gasteiger charge is 2.33. The molecule has 1 aromatic rings. The zero-order valence-corrected chi connectivity index (χ0v) is 11.4. The van der Waals surface area contributed by atoms with Crippen LogP contribution in [0.4, 0.5) is 13.2 Å². The SMILES string of the molecule is OC(CCC1CCCO1)c1ccc(C(F)(F)F)nc1Cl. The Morgan fingerprint density at radius 3 is 2.75 bits per heavy atom. The van der Waals surface area contributed by atoms with Gasteiger partial charge in [0.2, 0.25) is 0 Å². The van der Waals surface area contributed by atoms with E-state index < -0.39 is 18.0 Å². The first-order valence-electron chi connectivity index (χ1n) is 6.41. The van der Waals surface area contributed by atoms with Crippen molar-refractivity contribution in [3.05, 3.63) is 28.5 Å². The summed E-state index contributed by atoms with van der Waals surface area (Å²) < 4.78 is 42.8. The molecule has 2 rings (SSSR count). The first-order chi connectivity index (χ1) is 9.38. The first kappa shape index (κ1) is 15.5. The third kappa shape index (κ3) is 3.84. The number of aliphatic hydroxyl groups excluding tert-OH is 1. The number of alkyl halides is 3. The van der Waals surface area contributed by atoms with Gasteiger partial charge in [0.1, 0.15) is 10.8 Å². The maximum atomic E-state index is 12.5. The zero-order chi connectivity index (χ0) is 14.8. The maximum absolute atomic E-state index is 12.5.